The minimum absolute atomic E-state index is 0.513. The van der Waals surface area contributed by atoms with Crippen LogP contribution in [0.25, 0.3) is 21.8 Å². The van der Waals surface area contributed by atoms with Crippen LogP contribution in [0.15, 0.2) is 78.9 Å². The SMILES string of the molecule is CC(C)CC1CN(Cc2ccccc2)CCN1Cc1nc(NCCCN(C)C)c2ccccc2n1.CC(C)CC1CNCCN1Cc1nc(NCCCN(C)C)c2ccccc2n1. The summed E-state index contributed by atoms with van der Waals surface area (Å²) in [6.45, 7) is 22.2. The fourth-order valence-corrected chi connectivity index (χ4v) is 8.93. The van der Waals surface area contributed by atoms with Crippen LogP contribution in [0.4, 0.5) is 11.6 Å². The Labute approximate surface area is 379 Å². The molecule has 0 spiro atoms. The van der Waals surface area contributed by atoms with Crippen LogP contribution < -0.4 is 16.0 Å². The molecule has 0 radical (unpaired) electrons. The summed E-state index contributed by atoms with van der Waals surface area (Å²) < 4.78 is 0. The van der Waals surface area contributed by atoms with Crippen LogP contribution >= 0.6 is 0 Å². The van der Waals surface area contributed by atoms with Gasteiger partial charge in [-0.3, -0.25) is 14.7 Å². The predicted octanol–water partition coefficient (Wildman–Crippen LogP) is 7.54. The number of nitrogens with one attached hydrogen (secondary N) is 3. The highest BCUT2D eigenvalue weighted by Crippen LogP contribution is 2.25. The van der Waals surface area contributed by atoms with Crippen molar-refractivity contribution in [3.63, 3.8) is 0 Å². The molecular weight excluding hydrogens is 781 g/mol. The first-order chi connectivity index (χ1) is 30.5. The summed E-state index contributed by atoms with van der Waals surface area (Å²) in [5, 5.41) is 12.9. The van der Waals surface area contributed by atoms with E-state index in [4.69, 9.17) is 19.9 Å². The smallest absolute Gasteiger partial charge is 0.145 e. The maximum Gasteiger partial charge on any atom is 0.145 e. The third-order valence-electron chi connectivity index (χ3n) is 12.0. The van der Waals surface area contributed by atoms with Gasteiger partial charge in [0.2, 0.25) is 0 Å². The maximum absolute atomic E-state index is 5.02. The second-order valence-electron chi connectivity index (χ2n) is 19.1. The van der Waals surface area contributed by atoms with Gasteiger partial charge in [0.05, 0.1) is 24.1 Å². The lowest BCUT2D eigenvalue weighted by Gasteiger charge is -2.42. The molecule has 2 aliphatic rings. The lowest BCUT2D eigenvalue weighted by molar-refractivity contribution is 0.0514. The second-order valence-corrected chi connectivity index (χ2v) is 19.1. The molecule has 12 heteroatoms. The van der Waals surface area contributed by atoms with E-state index in [0.29, 0.717) is 23.9 Å². The van der Waals surface area contributed by atoms with Gasteiger partial charge in [-0.05, 0) is 109 Å². The van der Waals surface area contributed by atoms with E-state index < -0.39 is 0 Å². The van der Waals surface area contributed by atoms with Gasteiger partial charge in [-0.1, -0.05) is 82.3 Å². The van der Waals surface area contributed by atoms with Crippen LogP contribution in [-0.4, -0.2) is 150 Å². The molecule has 0 aliphatic carbocycles. The molecule has 12 nitrogen and oxygen atoms in total. The zero-order chi connectivity index (χ0) is 44.6. The van der Waals surface area contributed by atoms with Crippen LogP contribution in [0.2, 0.25) is 0 Å². The zero-order valence-electron chi connectivity index (χ0n) is 39.9. The van der Waals surface area contributed by atoms with Crippen molar-refractivity contribution in [3.8, 4) is 0 Å². The monoisotopic (exact) mass is 859 g/mol. The highest BCUT2D eigenvalue weighted by atomic mass is 15.3. The highest BCUT2D eigenvalue weighted by Gasteiger charge is 2.29. The van der Waals surface area contributed by atoms with Crippen molar-refractivity contribution in [1.82, 2.24) is 49.8 Å². The van der Waals surface area contributed by atoms with Gasteiger partial charge < -0.3 is 25.8 Å². The fourth-order valence-electron chi connectivity index (χ4n) is 8.93. The standard InChI is InChI=1S/C29H42N6.C22H36N6/c1-23(2)19-25-21-34(20-24-11-6-5-7-12-24)17-18-35(25)22-28-31-27-14-9-8-13-26(27)29(32-28)30-15-10-16-33(3)4;1-17(2)14-18-15-23-11-13-28(18)16-21-25-20-9-6-5-8-19(20)22(26-21)24-10-7-12-27(3)4/h5-9,11-14,23,25H,10,15-22H2,1-4H3,(H,30,31,32);5-6,8-9,17-18,23H,7,10-16H2,1-4H3,(H,24,25,26). The Hall–Kier alpha value is -4.30. The molecule has 0 amide bonds. The molecule has 2 aliphatic heterocycles. The number of anilines is 2. The Morgan fingerprint density at radius 1 is 0.603 bits per heavy atom. The molecule has 7 rings (SSSR count). The van der Waals surface area contributed by atoms with Gasteiger partial charge in [-0.15, -0.1) is 0 Å². The molecular formula is C51H78N12. The summed E-state index contributed by atoms with van der Waals surface area (Å²) >= 11 is 0. The Kier molecular flexibility index (Phi) is 18.9. The van der Waals surface area contributed by atoms with Crippen molar-refractivity contribution in [2.75, 3.05) is 104 Å². The lowest BCUT2D eigenvalue weighted by atomic mass is 9.99. The number of hydrogen-bond donors (Lipinski definition) is 3. The Morgan fingerprint density at radius 2 is 1.11 bits per heavy atom. The number of benzene rings is 3. The highest BCUT2D eigenvalue weighted by molar-refractivity contribution is 5.89. The molecule has 2 aromatic heterocycles. The molecule has 2 saturated heterocycles. The third-order valence-corrected chi connectivity index (χ3v) is 12.0. The van der Waals surface area contributed by atoms with Gasteiger partial charge in [0, 0.05) is 81.8 Å². The van der Waals surface area contributed by atoms with Crippen molar-refractivity contribution in [2.24, 2.45) is 11.8 Å². The van der Waals surface area contributed by atoms with E-state index in [0.717, 1.165) is 143 Å². The summed E-state index contributed by atoms with van der Waals surface area (Å²) in [4.78, 5) is 32.0. The fraction of sp³-hybridized carbons (Fsp3) is 0.569. The van der Waals surface area contributed by atoms with Gasteiger partial charge in [0.1, 0.15) is 23.3 Å². The molecule has 63 heavy (non-hydrogen) atoms. The van der Waals surface area contributed by atoms with E-state index in [-0.39, 0.29) is 0 Å². The number of hydrogen-bond acceptors (Lipinski definition) is 12. The normalized spacial score (nSPS) is 17.8. The van der Waals surface area contributed by atoms with Gasteiger partial charge in [0.15, 0.2) is 0 Å². The molecule has 2 fully saturated rings. The Bertz CT molecular complexity index is 2090. The third kappa shape index (κ3) is 15.4. The number of aromatic nitrogens is 4. The number of piperazine rings is 2. The quantitative estimate of drug-likeness (QED) is 0.0675. The average Bonchev–Trinajstić information content (AvgIpc) is 3.25. The van der Waals surface area contributed by atoms with E-state index in [2.05, 4.69) is 175 Å². The van der Waals surface area contributed by atoms with Crippen LogP contribution in [0, 0.1) is 11.8 Å². The van der Waals surface area contributed by atoms with Crippen LogP contribution in [0.1, 0.15) is 70.6 Å². The van der Waals surface area contributed by atoms with E-state index >= 15 is 0 Å². The summed E-state index contributed by atoms with van der Waals surface area (Å²) in [5.41, 5.74) is 3.45. The Balaban J connectivity index is 0.000000215. The summed E-state index contributed by atoms with van der Waals surface area (Å²) in [7, 11) is 8.45. The van der Waals surface area contributed by atoms with Crippen molar-refractivity contribution >= 4 is 33.4 Å². The molecule has 2 unspecified atom stereocenters. The van der Waals surface area contributed by atoms with Crippen molar-refractivity contribution in [2.45, 2.75) is 85.1 Å². The van der Waals surface area contributed by atoms with Crippen molar-refractivity contribution < 1.29 is 0 Å². The van der Waals surface area contributed by atoms with Crippen LogP contribution in [-0.2, 0) is 19.6 Å². The van der Waals surface area contributed by atoms with Crippen molar-refractivity contribution in [3.05, 3.63) is 96.1 Å². The number of fused-ring (bicyclic) bond motifs is 2. The molecule has 4 heterocycles. The summed E-state index contributed by atoms with van der Waals surface area (Å²) in [5.74, 6) is 5.13. The van der Waals surface area contributed by atoms with E-state index in [1.165, 1.54) is 18.4 Å². The topological polar surface area (TPSA) is 104 Å². The van der Waals surface area contributed by atoms with Gasteiger partial charge >= 0.3 is 0 Å². The largest absolute Gasteiger partial charge is 0.369 e. The molecule has 3 N–H and O–H groups in total. The summed E-state index contributed by atoms with van der Waals surface area (Å²) in [6.07, 6.45) is 4.57. The predicted molar refractivity (Wildman–Crippen MR) is 264 cm³/mol. The minimum Gasteiger partial charge on any atom is -0.369 e. The minimum atomic E-state index is 0.513. The van der Waals surface area contributed by atoms with Gasteiger partial charge in [-0.2, -0.15) is 0 Å². The maximum atomic E-state index is 5.02. The molecule has 0 saturated carbocycles. The molecule has 0 bridgehead atoms. The molecule has 342 valence electrons. The first-order valence-electron chi connectivity index (χ1n) is 23.7. The molecule has 2 atom stereocenters. The number of para-hydroxylation sites is 2. The first kappa shape index (κ1) is 48.2. The first-order valence-corrected chi connectivity index (χ1v) is 23.7. The molecule has 5 aromatic rings. The Morgan fingerprint density at radius 3 is 1.65 bits per heavy atom. The lowest BCUT2D eigenvalue weighted by Crippen LogP contribution is -2.52. The second kappa shape index (κ2) is 24.7. The average molecular weight is 859 g/mol. The van der Waals surface area contributed by atoms with E-state index in [1.54, 1.807) is 0 Å². The number of rotatable bonds is 20. The molecule has 3 aromatic carbocycles. The zero-order valence-corrected chi connectivity index (χ0v) is 39.9. The van der Waals surface area contributed by atoms with Gasteiger partial charge in [-0.25, -0.2) is 19.9 Å². The summed E-state index contributed by atoms with van der Waals surface area (Å²) in [6, 6.07) is 28.6. The van der Waals surface area contributed by atoms with E-state index in [1.807, 2.05) is 0 Å². The van der Waals surface area contributed by atoms with Crippen LogP contribution in [0.5, 0.6) is 0 Å². The van der Waals surface area contributed by atoms with Crippen LogP contribution in [0.3, 0.4) is 0 Å². The number of nitrogens with zero attached hydrogens (tertiary/aromatic N) is 9. The van der Waals surface area contributed by atoms with Crippen molar-refractivity contribution in [1.29, 1.82) is 0 Å². The van der Waals surface area contributed by atoms with Gasteiger partial charge in [0.25, 0.3) is 0 Å². The van der Waals surface area contributed by atoms with E-state index in [9.17, 15) is 0 Å².